The monoisotopic (exact) mass is 1270 g/mol. The van der Waals surface area contributed by atoms with Crippen LogP contribution in [0.3, 0.4) is 0 Å². The van der Waals surface area contributed by atoms with Gasteiger partial charge in [0.25, 0.3) is 0 Å². The maximum absolute atomic E-state index is 13.0. The van der Waals surface area contributed by atoms with Gasteiger partial charge in [-0.3, -0.25) is 9.59 Å². The Morgan fingerprint density at radius 2 is 0.626 bits per heavy atom. The van der Waals surface area contributed by atoms with Crippen molar-refractivity contribution < 1.29 is 42.9 Å². The van der Waals surface area contributed by atoms with Crippen LogP contribution in [0.4, 0.5) is 0 Å². The molecule has 0 aliphatic carbocycles. The molecule has 0 aromatic heterocycles. The first-order valence-electron chi connectivity index (χ1n) is 38.7. The van der Waals surface area contributed by atoms with Crippen LogP contribution in [0.25, 0.3) is 0 Å². The minimum atomic E-state index is -1.62. The number of aliphatic carboxylic acids is 1. The Morgan fingerprint density at radius 1 is 0.341 bits per heavy atom. The molecule has 0 saturated carbocycles. The number of hydrogen-bond donors (Lipinski definition) is 0. The van der Waals surface area contributed by atoms with Gasteiger partial charge in [-0.25, -0.2) is 0 Å². The van der Waals surface area contributed by atoms with Gasteiger partial charge in [-0.1, -0.05) is 343 Å². The summed E-state index contributed by atoms with van der Waals surface area (Å²) in [6, 6.07) is 0. The predicted octanol–water partition coefficient (Wildman–Crippen LogP) is 23.3. The van der Waals surface area contributed by atoms with Crippen molar-refractivity contribution >= 4 is 17.9 Å². The minimum absolute atomic E-state index is 0.148. The van der Waals surface area contributed by atoms with Gasteiger partial charge in [0.2, 0.25) is 0 Å². The second-order valence-corrected chi connectivity index (χ2v) is 27.3. The highest BCUT2D eigenvalue weighted by atomic mass is 16.7. The topological polar surface area (TPSA) is 111 Å². The Bertz CT molecular complexity index is 1770. The van der Waals surface area contributed by atoms with Crippen LogP contribution >= 0.6 is 0 Å². The highest BCUT2D eigenvalue weighted by molar-refractivity contribution is 5.70. The van der Waals surface area contributed by atoms with Gasteiger partial charge in [0.1, 0.15) is 13.2 Å². The number of carboxylic acid groups (broad SMARTS) is 1. The average Bonchev–Trinajstić information content (AvgIpc) is 3.46. The number of carbonyl (C=O) groups is 3. The van der Waals surface area contributed by atoms with E-state index < -0.39 is 24.3 Å². The van der Waals surface area contributed by atoms with Crippen LogP contribution in [0.15, 0.2) is 85.1 Å². The molecule has 0 radical (unpaired) electrons. The maximum Gasteiger partial charge on any atom is 0.306 e. The van der Waals surface area contributed by atoms with E-state index in [-0.39, 0.29) is 32.2 Å². The number of ether oxygens (including phenoxy) is 4. The fourth-order valence-electron chi connectivity index (χ4n) is 11.2. The van der Waals surface area contributed by atoms with E-state index in [1.54, 1.807) is 0 Å². The molecule has 0 N–H and O–H groups in total. The van der Waals surface area contributed by atoms with Crippen molar-refractivity contribution in [2.75, 3.05) is 47.5 Å². The number of allylic oxidation sites excluding steroid dienone is 14. The van der Waals surface area contributed by atoms with E-state index >= 15 is 0 Å². The molecule has 0 aliphatic rings. The molecule has 0 fully saturated rings. The summed E-state index contributed by atoms with van der Waals surface area (Å²) in [4.78, 5) is 37.6. The second kappa shape index (κ2) is 72.3. The summed E-state index contributed by atoms with van der Waals surface area (Å²) in [5.74, 6) is -2.26. The van der Waals surface area contributed by atoms with E-state index in [1.165, 1.54) is 257 Å². The smallest absolute Gasteiger partial charge is 0.306 e. The number of esters is 2. The summed E-state index contributed by atoms with van der Waals surface area (Å²) in [6.45, 7) is 4.68. The third kappa shape index (κ3) is 73.7. The summed E-state index contributed by atoms with van der Waals surface area (Å²) in [7, 11) is 5.94. The zero-order chi connectivity index (χ0) is 66.1. The molecule has 9 nitrogen and oxygen atoms in total. The molecule has 0 aliphatic heterocycles. The zero-order valence-electron chi connectivity index (χ0n) is 60.5. The van der Waals surface area contributed by atoms with Crippen molar-refractivity contribution in [2.45, 2.75) is 373 Å². The molecule has 0 aromatic carbocycles. The number of carbonyl (C=O) groups excluding carboxylic acids is 3. The van der Waals surface area contributed by atoms with Crippen LogP contribution < -0.4 is 5.11 Å². The van der Waals surface area contributed by atoms with Crippen LogP contribution in [0.1, 0.15) is 361 Å². The summed E-state index contributed by atoms with van der Waals surface area (Å²) in [5.41, 5.74) is 0. The molecule has 0 amide bonds. The Kier molecular flexibility index (Phi) is 69.5. The van der Waals surface area contributed by atoms with Gasteiger partial charge in [0, 0.05) is 12.8 Å². The van der Waals surface area contributed by atoms with Crippen molar-refractivity contribution in [1.29, 1.82) is 0 Å². The van der Waals surface area contributed by atoms with Crippen LogP contribution in [0.2, 0.25) is 0 Å². The second-order valence-electron chi connectivity index (χ2n) is 27.3. The Labute approximate surface area is 563 Å². The van der Waals surface area contributed by atoms with E-state index in [1.807, 2.05) is 21.1 Å². The van der Waals surface area contributed by atoms with E-state index in [0.717, 1.165) is 70.6 Å². The molecular formula is C82H147NO8. The van der Waals surface area contributed by atoms with Gasteiger partial charge < -0.3 is 33.3 Å². The van der Waals surface area contributed by atoms with Gasteiger partial charge in [-0.15, -0.1) is 0 Å². The van der Waals surface area contributed by atoms with Crippen LogP contribution in [-0.4, -0.2) is 82.3 Å². The number of quaternary nitrogens is 1. The van der Waals surface area contributed by atoms with Crippen molar-refractivity contribution in [3.05, 3.63) is 85.1 Å². The lowest BCUT2D eigenvalue weighted by Crippen LogP contribution is -2.44. The molecular weight excluding hydrogens is 1130 g/mol. The third-order valence-electron chi connectivity index (χ3n) is 17.1. The Hall–Kier alpha value is -3.53. The van der Waals surface area contributed by atoms with Crippen LogP contribution in [0.5, 0.6) is 0 Å². The highest BCUT2D eigenvalue weighted by Gasteiger charge is 2.22. The Balaban J connectivity index is 4.02. The van der Waals surface area contributed by atoms with Gasteiger partial charge in [0.15, 0.2) is 12.4 Å². The number of carboxylic acids is 1. The zero-order valence-corrected chi connectivity index (χ0v) is 60.5. The number of nitrogens with zero attached hydrogens (tertiary/aromatic N) is 1. The molecule has 0 heterocycles. The molecule has 2 atom stereocenters. The number of rotatable bonds is 72. The number of unbranched alkanes of at least 4 members (excludes halogenated alkanes) is 43. The maximum atomic E-state index is 13.0. The van der Waals surface area contributed by atoms with Crippen LogP contribution in [-0.2, 0) is 33.3 Å². The molecule has 528 valence electrons. The van der Waals surface area contributed by atoms with E-state index in [0.29, 0.717) is 23.9 Å². The molecule has 0 spiro atoms. The third-order valence-corrected chi connectivity index (χ3v) is 17.1. The summed E-state index contributed by atoms with van der Waals surface area (Å²) >= 11 is 0. The summed E-state index contributed by atoms with van der Waals surface area (Å²) in [5, 5.41) is 11.9. The normalized spacial score (nSPS) is 13.1. The van der Waals surface area contributed by atoms with Crippen molar-refractivity contribution in [1.82, 2.24) is 0 Å². The van der Waals surface area contributed by atoms with Gasteiger partial charge >= 0.3 is 11.9 Å². The van der Waals surface area contributed by atoms with Gasteiger partial charge in [-0.05, 0) is 89.9 Å². The molecule has 0 saturated heterocycles. The first kappa shape index (κ1) is 87.5. The predicted molar refractivity (Wildman–Crippen MR) is 389 cm³/mol. The van der Waals surface area contributed by atoms with Crippen LogP contribution in [0, 0.1) is 0 Å². The average molecular weight is 1280 g/mol. The van der Waals surface area contributed by atoms with Gasteiger partial charge in [0.05, 0.1) is 40.3 Å². The SMILES string of the molecule is CC/C=C\C/C=C\C/C=C\C/C=C\C/C=C\CCCCCCCCCCCCCCCCCCCCCC(=O)OC(COC(=O)CCCCCCCCCCCCCCCCCCCCC/C=C\C/C=C\CCCCCCC)COC(OCC[N+](C)(C)C)C(=O)[O-]. The quantitative estimate of drug-likeness (QED) is 0.0195. The lowest BCUT2D eigenvalue weighted by molar-refractivity contribution is -0.870. The van der Waals surface area contributed by atoms with Crippen molar-refractivity contribution in [3.8, 4) is 0 Å². The summed E-state index contributed by atoms with van der Waals surface area (Å²) < 4.78 is 22.9. The minimum Gasteiger partial charge on any atom is -0.545 e. The number of hydrogen-bond acceptors (Lipinski definition) is 8. The lowest BCUT2D eigenvalue weighted by Gasteiger charge is -2.26. The largest absolute Gasteiger partial charge is 0.545 e. The van der Waals surface area contributed by atoms with E-state index in [2.05, 4.69) is 98.9 Å². The molecule has 91 heavy (non-hydrogen) atoms. The molecule has 0 aromatic rings. The fourth-order valence-corrected chi connectivity index (χ4v) is 11.2. The standard InChI is InChI=1S/C82H147NO8/c1-6-8-10-12-14-16-18-20-22-24-26-28-30-32-34-36-38-39-40-41-43-45-47-49-51-53-55-57-59-61-63-65-67-69-71-73-80(85)91-78(77-90-82(81(86)87)88-75-74-83(3,4)5)76-89-79(84)72-70-68-66-64-62-60-58-56-54-52-50-48-46-44-42-37-35-33-31-29-27-25-23-21-19-17-15-13-11-9-7-2/h8,10,14,16,19-22,25-28,32,34,78,82H,6-7,9,11-13,15,17-18,23-24,29-31,33,35-77H2,1-5H3/b10-8-,16-14-,21-19-,22-20-,27-25-,28-26-,34-32-. The molecule has 9 heteroatoms. The molecule has 0 bridgehead atoms. The van der Waals surface area contributed by atoms with E-state index in [9.17, 15) is 19.5 Å². The first-order valence-corrected chi connectivity index (χ1v) is 38.7. The van der Waals surface area contributed by atoms with Crippen molar-refractivity contribution in [2.24, 2.45) is 0 Å². The Morgan fingerprint density at radius 3 is 0.934 bits per heavy atom. The lowest BCUT2D eigenvalue weighted by atomic mass is 10.0. The molecule has 2 unspecified atom stereocenters. The van der Waals surface area contributed by atoms with Gasteiger partial charge in [-0.2, -0.15) is 0 Å². The van der Waals surface area contributed by atoms with E-state index in [4.69, 9.17) is 18.9 Å². The van der Waals surface area contributed by atoms with Crippen molar-refractivity contribution in [3.63, 3.8) is 0 Å². The number of likely N-dealkylation sites (N-methyl/N-ethyl adjacent to an activating group) is 1. The highest BCUT2D eigenvalue weighted by Crippen LogP contribution is 2.19. The summed E-state index contributed by atoms with van der Waals surface area (Å²) in [6.07, 6.45) is 95.5. The molecule has 0 rings (SSSR count). The first-order chi connectivity index (χ1) is 44.6. The fraction of sp³-hybridized carbons (Fsp3) is 0.793.